The van der Waals surface area contributed by atoms with E-state index in [0.29, 0.717) is 5.75 Å². The molecular formula is C18H17NO8. The van der Waals surface area contributed by atoms with E-state index in [9.17, 15) is 19.5 Å². The van der Waals surface area contributed by atoms with Crippen LogP contribution in [0.1, 0.15) is 19.8 Å². The number of rotatable bonds is 5. The van der Waals surface area contributed by atoms with Crippen LogP contribution in [-0.4, -0.2) is 37.1 Å². The number of methoxy groups -OCH3 is 2. The summed E-state index contributed by atoms with van der Waals surface area (Å²) >= 11 is 0. The zero-order valence-electron chi connectivity index (χ0n) is 14.9. The highest BCUT2D eigenvalue weighted by atomic mass is 16.6. The van der Waals surface area contributed by atoms with Gasteiger partial charge in [-0.25, -0.2) is 4.90 Å². The molecule has 1 fully saturated rings. The van der Waals surface area contributed by atoms with Gasteiger partial charge in [-0.2, -0.15) is 0 Å². The van der Waals surface area contributed by atoms with Gasteiger partial charge in [0.15, 0.2) is 17.3 Å². The lowest BCUT2D eigenvalue weighted by molar-refractivity contribution is -0.132. The molecule has 27 heavy (non-hydrogen) atoms. The number of para-hydroxylation sites is 1. The summed E-state index contributed by atoms with van der Waals surface area (Å²) in [6, 6.07) is 4.86. The van der Waals surface area contributed by atoms with Crippen molar-refractivity contribution >= 4 is 23.7 Å². The molecule has 1 aromatic carbocycles. The Hall–Kier alpha value is -3.49. The number of anilines is 1. The van der Waals surface area contributed by atoms with Crippen LogP contribution in [-0.2, 0) is 14.4 Å². The first-order valence-corrected chi connectivity index (χ1v) is 8.00. The van der Waals surface area contributed by atoms with Crippen LogP contribution in [0.5, 0.6) is 23.0 Å². The van der Waals surface area contributed by atoms with Crippen LogP contribution < -0.4 is 19.1 Å². The number of aromatic hydroxyl groups is 1. The molecule has 0 radical (unpaired) electrons. The third kappa shape index (κ3) is 3.07. The van der Waals surface area contributed by atoms with Crippen molar-refractivity contribution in [1.29, 1.82) is 0 Å². The topological polar surface area (TPSA) is 116 Å². The SMILES string of the molecule is COc1cccc(-c2oc(N3C(=O)CCC3=O)c(OC(C)=O)c2O)c1OC. The second-order valence-corrected chi connectivity index (χ2v) is 5.67. The highest BCUT2D eigenvalue weighted by molar-refractivity contribution is 6.20. The Morgan fingerprint density at radius 1 is 1.11 bits per heavy atom. The van der Waals surface area contributed by atoms with E-state index in [1.165, 1.54) is 14.2 Å². The van der Waals surface area contributed by atoms with Crippen LogP contribution in [0.3, 0.4) is 0 Å². The number of carbonyl (C=O) groups is 3. The average molecular weight is 375 g/mol. The van der Waals surface area contributed by atoms with Gasteiger partial charge in [-0.05, 0) is 12.1 Å². The van der Waals surface area contributed by atoms with Crippen LogP contribution in [0.2, 0.25) is 0 Å². The fraction of sp³-hybridized carbons (Fsp3) is 0.278. The minimum absolute atomic E-state index is 0.00236. The molecule has 2 heterocycles. The van der Waals surface area contributed by atoms with E-state index < -0.39 is 29.3 Å². The Kier molecular flexibility index (Phi) is 4.76. The highest BCUT2D eigenvalue weighted by Crippen LogP contribution is 2.51. The van der Waals surface area contributed by atoms with Gasteiger partial charge in [-0.3, -0.25) is 14.4 Å². The molecule has 0 saturated carbocycles. The summed E-state index contributed by atoms with van der Waals surface area (Å²) in [6.07, 6.45) is -0.00472. The third-order valence-corrected chi connectivity index (χ3v) is 3.97. The quantitative estimate of drug-likeness (QED) is 0.625. The minimum Gasteiger partial charge on any atom is -0.502 e. The fourth-order valence-electron chi connectivity index (χ4n) is 2.83. The van der Waals surface area contributed by atoms with Gasteiger partial charge in [0.25, 0.3) is 5.88 Å². The standard InChI is InChI=1S/C18H17NO8/c1-9(20)26-17-14(23)16(10-5-4-6-11(24-2)15(10)25-3)27-18(17)19-12(21)7-8-13(19)22/h4-6,23H,7-8H2,1-3H3. The highest BCUT2D eigenvalue weighted by Gasteiger charge is 2.39. The van der Waals surface area contributed by atoms with Crippen molar-refractivity contribution in [3.05, 3.63) is 18.2 Å². The predicted octanol–water partition coefficient (Wildman–Crippen LogP) is 2.25. The van der Waals surface area contributed by atoms with E-state index in [4.69, 9.17) is 18.6 Å². The van der Waals surface area contributed by atoms with Gasteiger partial charge in [0.1, 0.15) is 0 Å². The number of carbonyl (C=O) groups excluding carboxylic acids is 3. The van der Waals surface area contributed by atoms with E-state index in [2.05, 4.69) is 0 Å². The van der Waals surface area contributed by atoms with Crippen LogP contribution in [0.4, 0.5) is 5.88 Å². The zero-order chi connectivity index (χ0) is 19.7. The minimum atomic E-state index is -0.754. The van der Waals surface area contributed by atoms with Crippen LogP contribution >= 0.6 is 0 Å². The molecule has 1 N–H and O–H groups in total. The average Bonchev–Trinajstić information content (AvgIpc) is 3.13. The molecule has 1 saturated heterocycles. The molecule has 0 bridgehead atoms. The number of ether oxygens (including phenoxy) is 3. The van der Waals surface area contributed by atoms with Crippen LogP contribution in [0.15, 0.2) is 22.6 Å². The third-order valence-electron chi connectivity index (χ3n) is 3.97. The Bertz CT molecular complexity index is 914. The molecule has 2 aromatic rings. The Morgan fingerprint density at radius 3 is 2.33 bits per heavy atom. The maximum Gasteiger partial charge on any atom is 0.308 e. The van der Waals surface area contributed by atoms with Crippen molar-refractivity contribution in [2.75, 3.05) is 19.1 Å². The van der Waals surface area contributed by atoms with Gasteiger partial charge >= 0.3 is 5.97 Å². The monoisotopic (exact) mass is 375 g/mol. The first-order valence-electron chi connectivity index (χ1n) is 8.00. The Labute approximate surface area is 154 Å². The second-order valence-electron chi connectivity index (χ2n) is 5.67. The molecule has 9 nitrogen and oxygen atoms in total. The lowest BCUT2D eigenvalue weighted by Crippen LogP contribution is -2.28. The van der Waals surface area contributed by atoms with Gasteiger partial charge in [0, 0.05) is 19.8 Å². The van der Waals surface area contributed by atoms with Gasteiger partial charge in [0.2, 0.25) is 23.3 Å². The van der Waals surface area contributed by atoms with Crippen LogP contribution in [0.25, 0.3) is 11.3 Å². The summed E-state index contributed by atoms with van der Waals surface area (Å²) in [5.74, 6) is -2.61. The number of hydrogen-bond acceptors (Lipinski definition) is 8. The van der Waals surface area contributed by atoms with E-state index in [1.807, 2.05) is 0 Å². The zero-order valence-corrected chi connectivity index (χ0v) is 14.9. The normalized spacial score (nSPS) is 13.8. The smallest absolute Gasteiger partial charge is 0.308 e. The van der Waals surface area contributed by atoms with Gasteiger partial charge in [-0.15, -0.1) is 0 Å². The van der Waals surface area contributed by atoms with Crippen molar-refractivity contribution in [1.82, 2.24) is 0 Å². The maximum absolute atomic E-state index is 12.1. The molecule has 0 atom stereocenters. The van der Waals surface area contributed by atoms with E-state index in [-0.39, 0.29) is 35.8 Å². The van der Waals surface area contributed by atoms with Crippen molar-refractivity contribution < 1.29 is 38.1 Å². The van der Waals surface area contributed by atoms with Gasteiger partial charge < -0.3 is 23.7 Å². The van der Waals surface area contributed by atoms with E-state index in [1.54, 1.807) is 18.2 Å². The number of hydrogen-bond donors (Lipinski definition) is 1. The number of imide groups is 1. The molecule has 1 aliphatic rings. The fourth-order valence-corrected chi connectivity index (χ4v) is 2.83. The van der Waals surface area contributed by atoms with E-state index in [0.717, 1.165) is 11.8 Å². The number of amides is 2. The second kappa shape index (κ2) is 7.02. The molecule has 0 aliphatic carbocycles. The molecule has 1 aromatic heterocycles. The molecule has 3 rings (SSSR count). The van der Waals surface area contributed by atoms with E-state index >= 15 is 0 Å². The van der Waals surface area contributed by atoms with Crippen molar-refractivity contribution in [2.24, 2.45) is 0 Å². The summed E-state index contributed by atoms with van der Waals surface area (Å²) in [6.45, 7) is 1.12. The lowest BCUT2D eigenvalue weighted by atomic mass is 10.1. The first kappa shape index (κ1) is 18.3. The molecule has 9 heteroatoms. The largest absolute Gasteiger partial charge is 0.502 e. The van der Waals surface area contributed by atoms with Crippen molar-refractivity contribution in [3.8, 4) is 34.3 Å². The maximum atomic E-state index is 12.1. The van der Waals surface area contributed by atoms with Crippen LogP contribution in [0, 0.1) is 0 Å². The van der Waals surface area contributed by atoms with Gasteiger partial charge in [-0.1, -0.05) is 6.07 Å². The lowest BCUT2D eigenvalue weighted by Gasteiger charge is -2.12. The summed E-state index contributed by atoms with van der Waals surface area (Å²) in [5, 5.41) is 10.6. The summed E-state index contributed by atoms with van der Waals surface area (Å²) < 4.78 is 21.2. The molecule has 0 spiro atoms. The molecule has 2 amide bonds. The number of esters is 1. The molecule has 142 valence electrons. The Balaban J connectivity index is 2.23. The predicted molar refractivity (Wildman–Crippen MR) is 91.9 cm³/mol. The van der Waals surface area contributed by atoms with Gasteiger partial charge in [0.05, 0.1) is 19.8 Å². The molecule has 0 unspecified atom stereocenters. The number of furan rings is 1. The first-order chi connectivity index (χ1) is 12.9. The van der Waals surface area contributed by atoms with Crippen molar-refractivity contribution in [3.63, 3.8) is 0 Å². The number of nitrogens with zero attached hydrogens (tertiary/aromatic N) is 1. The molecular weight excluding hydrogens is 358 g/mol. The number of benzene rings is 1. The molecule has 1 aliphatic heterocycles. The summed E-state index contributed by atoms with van der Waals surface area (Å²) in [5.41, 5.74) is 0.285. The summed E-state index contributed by atoms with van der Waals surface area (Å²) in [7, 11) is 2.85. The Morgan fingerprint density at radius 2 is 1.78 bits per heavy atom. The summed E-state index contributed by atoms with van der Waals surface area (Å²) in [4.78, 5) is 36.4. The van der Waals surface area contributed by atoms with Crippen molar-refractivity contribution in [2.45, 2.75) is 19.8 Å².